The number of hydrogen-bond acceptors (Lipinski definition) is 3. The van der Waals surface area contributed by atoms with E-state index in [1.807, 2.05) is 37.4 Å². The standard InChI is InChI=1S/C14H20N2O2/c1-16(9-11-7-8-18-10-11)14(17)13(15)12-5-3-2-4-6-12/h2-6,11,13H,7-10,15H2,1H3/t11-,13+/m1/s1. The Morgan fingerprint density at radius 3 is 2.83 bits per heavy atom. The molecule has 2 atom stereocenters. The van der Waals surface area contributed by atoms with Crippen molar-refractivity contribution in [2.75, 3.05) is 26.8 Å². The molecule has 0 unspecified atom stereocenters. The number of nitrogens with two attached hydrogens (primary N) is 1. The summed E-state index contributed by atoms with van der Waals surface area (Å²) in [5.74, 6) is 0.412. The fraction of sp³-hybridized carbons (Fsp3) is 0.500. The molecule has 0 aromatic heterocycles. The largest absolute Gasteiger partial charge is 0.381 e. The predicted octanol–water partition coefficient (Wildman–Crippen LogP) is 1.18. The molecule has 1 heterocycles. The summed E-state index contributed by atoms with van der Waals surface area (Å²) in [4.78, 5) is 13.9. The van der Waals surface area contributed by atoms with E-state index in [2.05, 4.69) is 0 Å². The highest BCUT2D eigenvalue weighted by molar-refractivity contribution is 5.82. The molecule has 1 saturated heterocycles. The monoisotopic (exact) mass is 248 g/mol. The maximum absolute atomic E-state index is 12.2. The summed E-state index contributed by atoms with van der Waals surface area (Å²) in [6.45, 7) is 2.27. The Hall–Kier alpha value is -1.39. The molecule has 2 rings (SSSR count). The van der Waals surface area contributed by atoms with Crippen molar-refractivity contribution in [2.24, 2.45) is 11.7 Å². The van der Waals surface area contributed by atoms with Crippen LogP contribution in [0.3, 0.4) is 0 Å². The lowest BCUT2D eigenvalue weighted by Crippen LogP contribution is -2.38. The van der Waals surface area contributed by atoms with Crippen LogP contribution in [0.5, 0.6) is 0 Å². The number of likely N-dealkylation sites (N-methyl/N-ethyl adjacent to an activating group) is 1. The molecule has 4 heteroatoms. The van der Waals surface area contributed by atoms with Crippen LogP contribution in [0, 0.1) is 5.92 Å². The third-order valence-electron chi connectivity index (χ3n) is 3.36. The van der Waals surface area contributed by atoms with E-state index in [1.54, 1.807) is 4.90 Å². The molecule has 1 aromatic rings. The summed E-state index contributed by atoms with van der Waals surface area (Å²) < 4.78 is 5.31. The van der Waals surface area contributed by atoms with Crippen LogP contribution >= 0.6 is 0 Å². The smallest absolute Gasteiger partial charge is 0.243 e. The van der Waals surface area contributed by atoms with Gasteiger partial charge in [0.1, 0.15) is 6.04 Å². The number of amides is 1. The van der Waals surface area contributed by atoms with Gasteiger partial charge < -0.3 is 15.4 Å². The third-order valence-corrected chi connectivity index (χ3v) is 3.36. The van der Waals surface area contributed by atoms with Crippen LogP contribution in [0.1, 0.15) is 18.0 Å². The molecule has 1 aliphatic heterocycles. The zero-order valence-electron chi connectivity index (χ0n) is 10.7. The molecule has 2 N–H and O–H groups in total. The molecule has 18 heavy (non-hydrogen) atoms. The third kappa shape index (κ3) is 3.09. The minimum absolute atomic E-state index is 0.0342. The molecule has 4 nitrogen and oxygen atoms in total. The number of rotatable bonds is 4. The second kappa shape index (κ2) is 5.98. The van der Waals surface area contributed by atoms with Crippen molar-refractivity contribution in [3.8, 4) is 0 Å². The Labute approximate surface area is 108 Å². The Morgan fingerprint density at radius 2 is 2.22 bits per heavy atom. The molecule has 1 fully saturated rings. The van der Waals surface area contributed by atoms with Gasteiger partial charge in [-0.15, -0.1) is 0 Å². The van der Waals surface area contributed by atoms with Gasteiger partial charge in [0, 0.05) is 26.1 Å². The first-order valence-electron chi connectivity index (χ1n) is 6.31. The number of ether oxygens (including phenoxy) is 1. The van der Waals surface area contributed by atoms with Crippen LogP contribution in [0.15, 0.2) is 30.3 Å². The summed E-state index contributed by atoms with van der Waals surface area (Å²) in [6, 6.07) is 8.91. The van der Waals surface area contributed by atoms with Gasteiger partial charge in [0.15, 0.2) is 0 Å². The van der Waals surface area contributed by atoms with Gasteiger partial charge >= 0.3 is 0 Å². The minimum Gasteiger partial charge on any atom is -0.381 e. The van der Waals surface area contributed by atoms with Crippen LogP contribution in [-0.4, -0.2) is 37.6 Å². The Balaban J connectivity index is 1.93. The molecule has 0 radical (unpaired) electrons. The van der Waals surface area contributed by atoms with Gasteiger partial charge in [-0.25, -0.2) is 0 Å². The molecular weight excluding hydrogens is 228 g/mol. The van der Waals surface area contributed by atoms with Gasteiger partial charge in [0.25, 0.3) is 0 Å². The quantitative estimate of drug-likeness (QED) is 0.870. The number of carbonyl (C=O) groups excluding carboxylic acids is 1. The lowest BCUT2D eigenvalue weighted by atomic mass is 10.1. The normalized spacial score (nSPS) is 20.7. The molecule has 0 bridgehead atoms. The fourth-order valence-corrected chi connectivity index (χ4v) is 2.24. The van der Waals surface area contributed by atoms with Crippen molar-refractivity contribution < 1.29 is 9.53 Å². The molecule has 98 valence electrons. The van der Waals surface area contributed by atoms with E-state index in [1.165, 1.54) is 0 Å². The van der Waals surface area contributed by atoms with Gasteiger partial charge in [-0.2, -0.15) is 0 Å². The van der Waals surface area contributed by atoms with E-state index in [4.69, 9.17) is 10.5 Å². The van der Waals surface area contributed by atoms with E-state index in [0.29, 0.717) is 5.92 Å². The number of nitrogens with zero attached hydrogens (tertiary/aromatic N) is 1. The zero-order valence-corrected chi connectivity index (χ0v) is 10.7. The van der Waals surface area contributed by atoms with Gasteiger partial charge in [-0.1, -0.05) is 30.3 Å². The summed E-state index contributed by atoms with van der Waals surface area (Å²) in [7, 11) is 1.81. The maximum atomic E-state index is 12.2. The number of carbonyl (C=O) groups is 1. The minimum atomic E-state index is -0.571. The lowest BCUT2D eigenvalue weighted by molar-refractivity contribution is -0.132. The van der Waals surface area contributed by atoms with Crippen LogP contribution in [0.25, 0.3) is 0 Å². The Morgan fingerprint density at radius 1 is 1.50 bits per heavy atom. The molecular formula is C14H20N2O2. The van der Waals surface area contributed by atoms with Crippen molar-refractivity contribution in [1.29, 1.82) is 0 Å². The van der Waals surface area contributed by atoms with E-state index < -0.39 is 6.04 Å². The predicted molar refractivity (Wildman–Crippen MR) is 69.9 cm³/mol. The van der Waals surface area contributed by atoms with Gasteiger partial charge in [0.05, 0.1) is 6.61 Å². The molecule has 0 aliphatic carbocycles. The first-order chi connectivity index (χ1) is 8.68. The van der Waals surface area contributed by atoms with Crippen molar-refractivity contribution in [3.63, 3.8) is 0 Å². The first kappa shape index (κ1) is 13.1. The van der Waals surface area contributed by atoms with Gasteiger partial charge in [-0.05, 0) is 12.0 Å². The van der Waals surface area contributed by atoms with Crippen LogP contribution in [0.2, 0.25) is 0 Å². The summed E-state index contributed by atoms with van der Waals surface area (Å²) in [5, 5.41) is 0. The first-order valence-corrected chi connectivity index (χ1v) is 6.31. The van der Waals surface area contributed by atoms with Crippen LogP contribution < -0.4 is 5.73 Å². The van der Waals surface area contributed by atoms with Gasteiger partial charge in [-0.3, -0.25) is 4.79 Å². The molecule has 1 amide bonds. The highest BCUT2D eigenvalue weighted by Crippen LogP contribution is 2.16. The lowest BCUT2D eigenvalue weighted by Gasteiger charge is -2.23. The molecule has 1 aromatic carbocycles. The fourth-order valence-electron chi connectivity index (χ4n) is 2.24. The average molecular weight is 248 g/mol. The Kier molecular flexibility index (Phi) is 4.33. The van der Waals surface area contributed by atoms with E-state index >= 15 is 0 Å². The second-order valence-corrected chi connectivity index (χ2v) is 4.84. The molecule has 0 spiro atoms. The SMILES string of the molecule is CN(C[C@H]1CCOC1)C(=O)[C@@H](N)c1ccccc1. The van der Waals surface area contributed by atoms with Crippen LogP contribution in [-0.2, 0) is 9.53 Å². The van der Waals surface area contributed by atoms with Gasteiger partial charge in [0.2, 0.25) is 5.91 Å². The second-order valence-electron chi connectivity index (χ2n) is 4.84. The average Bonchev–Trinajstić information content (AvgIpc) is 2.91. The van der Waals surface area contributed by atoms with Crippen molar-refractivity contribution in [2.45, 2.75) is 12.5 Å². The molecule has 0 saturated carbocycles. The number of benzene rings is 1. The van der Waals surface area contributed by atoms with Crippen molar-refractivity contribution in [3.05, 3.63) is 35.9 Å². The van der Waals surface area contributed by atoms with Crippen molar-refractivity contribution in [1.82, 2.24) is 4.90 Å². The van der Waals surface area contributed by atoms with E-state index in [9.17, 15) is 4.79 Å². The van der Waals surface area contributed by atoms with Crippen molar-refractivity contribution >= 4 is 5.91 Å². The Bertz CT molecular complexity index is 388. The maximum Gasteiger partial charge on any atom is 0.243 e. The zero-order chi connectivity index (χ0) is 13.0. The molecule has 1 aliphatic rings. The summed E-state index contributed by atoms with van der Waals surface area (Å²) in [5.41, 5.74) is 6.85. The van der Waals surface area contributed by atoms with E-state index in [0.717, 1.165) is 31.7 Å². The topological polar surface area (TPSA) is 55.6 Å². The van der Waals surface area contributed by atoms with E-state index in [-0.39, 0.29) is 5.91 Å². The summed E-state index contributed by atoms with van der Waals surface area (Å²) >= 11 is 0. The highest BCUT2D eigenvalue weighted by atomic mass is 16.5. The summed E-state index contributed by atoms with van der Waals surface area (Å²) in [6.07, 6.45) is 1.03. The number of hydrogen-bond donors (Lipinski definition) is 1. The highest BCUT2D eigenvalue weighted by Gasteiger charge is 2.24. The van der Waals surface area contributed by atoms with Crippen LogP contribution in [0.4, 0.5) is 0 Å².